The Hall–Kier alpha value is -2.30. The van der Waals surface area contributed by atoms with Crippen molar-refractivity contribution < 1.29 is 14.3 Å². The molecule has 0 saturated carbocycles. The molecule has 1 aliphatic heterocycles. The van der Waals surface area contributed by atoms with E-state index < -0.39 is 0 Å². The molecular formula is C21H28N2O3. The molecule has 0 bridgehead atoms. The van der Waals surface area contributed by atoms with Crippen LogP contribution in [0.3, 0.4) is 0 Å². The van der Waals surface area contributed by atoms with E-state index in [1.165, 1.54) is 0 Å². The highest BCUT2D eigenvalue weighted by molar-refractivity contribution is 5.93. The number of amides is 1. The van der Waals surface area contributed by atoms with Crippen molar-refractivity contribution in [3.8, 4) is 0 Å². The van der Waals surface area contributed by atoms with Crippen molar-refractivity contribution in [1.82, 2.24) is 9.47 Å². The van der Waals surface area contributed by atoms with Crippen molar-refractivity contribution in [2.75, 3.05) is 19.7 Å². The van der Waals surface area contributed by atoms with E-state index in [9.17, 15) is 9.59 Å². The Kier molecular flexibility index (Phi) is 5.64. The van der Waals surface area contributed by atoms with Crippen LogP contribution in [0.2, 0.25) is 0 Å². The average molecular weight is 356 g/mol. The number of carbonyl (C=O) groups excluding carboxylic acids is 2. The molecule has 1 aromatic carbocycles. The van der Waals surface area contributed by atoms with Gasteiger partial charge in [-0.05, 0) is 51.2 Å². The van der Waals surface area contributed by atoms with Crippen molar-refractivity contribution in [2.24, 2.45) is 5.92 Å². The molecule has 0 aliphatic carbocycles. The molecule has 1 saturated heterocycles. The predicted octanol–water partition coefficient (Wildman–Crippen LogP) is 4.15. The predicted molar refractivity (Wildman–Crippen MR) is 102 cm³/mol. The summed E-state index contributed by atoms with van der Waals surface area (Å²) in [5.41, 5.74) is 2.90. The van der Waals surface area contributed by atoms with Gasteiger partial charge in [-0.3, -0.25) is 4.79 Å². The zero-order chi connectivity index (χ0) is 18.7. The van der Waals surface area contributed by atoms with E-state index in [4.69, 9.17) is 4.74 Å². The molecule has 0 spiro atoms. The molecule has 3 rings (SSSR count). The first kappa shape index (κ1) is 18.5. The normalized spacial score (nSPS) is 17.7. The molecule has 1 unspecified atom stereocenters. The zero-order valence-corrected chi connectivity index (χ0v) is 16.0. The molecule has 26 heavy (non-hydrogen) atoms. The Bertz CT molecular complexity index is 809. The maximum atomic E-state index is 12.6. The number of aromatic nitrogens is 1. The summed E-state index contributed by atoms with van der Waals surface area (Å²) in [6.07, 6.45) is 3.41. The van der Waals surface area contributed by atoms with Crippen LogP contribution >= 0.6 is 0 Å². The molecule has 1 aliphatic rings. The number of fused-ring (bicyclic) bond motifs is 1. The third kappa shape index (κ3) is 3.35. The highest BCUT2D eigenvalue weighted by Crippen LogP contribution is 2.28. The van der Waals surface area contributed by atoms with Crippen molar-refractivity contribution in [2.45, 2.75) is 46.5 Å². The number of rotatable bonds is 5. The van der Waals surface area contributed by atoms with E-state index in [1.54, 1.807) is 4.57 Å². The van der Waals surface area contributed by atoms with Gasteiger partial charge in [0.05, 0.1) is 12.1 Å². The van der Waals surface area contributed by atoms with Crippen LogP contribution < -0.4 is 0 Å². The third-order valence-corrected chi connectivity index (χ3v) is 5.46. The van der Waals surface area contributed by atoms with Crippen LogP contribution in [-0.4, -0.2) is 41.2 Å². The number of hydrogen-bond acceptors (Lipinski definition) is 3. The van der Waals surface area contributed by atoms with Crippen LogP contribution in [0.25, 0.3) is 10.9 Å². The Balaban J connectivity index is 1.87. The first-order valence-electron chi connectivity index (χ1n) is 9.63. The number of carbonyl (C=O) groups is 2. The standard InChI is InChI=1S/C21H28N2O3/c1-4-16-9-8-13-22(20(16)24)14-12-17-15(3)23(21(25)26-5-2)19-11-7-6-10-18(17)19/h6-7,10-11,16H,4-5,8-9,12-14H2,1-3H3. The molecule has 2 aromatic rings. The van der Waals surface area contributed by atoms with Crippen molar-refractivity contribution >= 4 is 22.9 Å². The minimum atomic E-state index is -0.340. The number of piperidine rings is 1. The van der Waals surface area contributed by atoms with Gasteiger partial charge in [0.1, 0.15) is 0 Å². The Morgan fingerprint density at radius 1 is 1.27 bits per heavy atom. The van der Waals surface area contributed by atoms with Gasteiger partial charge in [-0.1, -0.05) is 25.1 Å². The number of para-hydroxylation sites is 1. The lowest BCUT2D eigenvalue weighted by Gasteiger charge is -2.32. The van der Waals surface area contributed by atoms with E-state index in [1.807, 2.05) is 43.0 Å². The smallest absolute Gasteiger partial charge is 0.418 e. The number of ether oxygens (including phenoxy) is 1. The lowest BCUT2D eigenvalue weighted by Crippen LogP contribution is -2.42. The quantitative estimate of drug-likeness (QED) is 0.809. The van der Waals surface area contributed by atoms with E-state index in [0.717, 1.165) is 54.4 Å². The van der Waals surface area contributed by atoms with Gasteiger partial charge in [-0.15, -0.1) is 0 Å². The highest BCUT2D eigenvalue weighted by Gasteiger charge is 2.27. The number of likely N-dealkylation sites (tertiary alicyclic amines) is 1. The Morgan fingerprint density at radius 2 is 2.04 bits per heavy atom. The second kappa shape index (κ2) is 7.94. The second-order valence-electron chi connectivity index (χ2n) is 6.94. The van der Waals surface area contributed by atoms with Gasteiger partial charge >= 0.3 is 6.09 Å². The van der Waals surface area contributed by atoms with Gasteiger partial charge in [0.2, 0.25) is 5.91 Å². The van der Waals surface area contributed by atoms with Gasteiger partial charge in [-0.2, -0.15) is 0 Å². The summed E-state index contributed by atoms with van der Waals surface area (Å²) in [6, 6.07) is 7.91. The molecule has 1 fully saturated rings. The van der Waals surface area contributed by atoms with Gasteiger partial charge in [0.15, 0.2) is 0 Å². The Labute approximate surface area is 154 Å². The minimum absolute atomic E-state index is 0.172. The molecular weight excluding hydrogens is 328 g/mol. The number of nitrogens with zero attached hydrogens (tertiary/aromatic N) is 2. The first-order valence-corrected chi connectivity index (χ1v) is 9.63. The SMILES string of the molecule is CCOC(=O)n1c(C)c(CCN2CCCC(CC)C2=O)c2ccccc21. The summed E-state index contributed by atoms with van der Waals surface area (Å²) in [6.45, 7) is 7.74. The zero-order valence-electron chi connectivity index (χ0n) is 16.0. The molecule has 5 nitrogen and oxygen atoms in total. The fraction of sp³-hybridized carbons (Fsp3) is 0.524. The van der Waals surface area contributed by atoms with Gasteiger partial charge in [0, 0.05) is 30.1 Å². The molecule has 1 atom stereocenters. The van der Waals surface area contributed by atoms with Crippen LogP contribution in [-0.2, 0) is 16.0 Å². The van der Waals surface area contributed by atoms with E-state index >= 15 is 0 Å². The summed E-state index contributed by atoms with van der Waals surface area (Å²) in [5.74, 6) is 0.455. The summed E-state index contributed by atoms with van der Waals surface area (Å²) in [7, 11) is 0. The van der Waals surface area contributed by atoms with E-state index in [0.29, 0.717) is 13.2 Å². The first-order chi connectivity index (χ1) is 12.6. The third-order valence-electron chi connectivity index (χ3n) is 5.46. The van der Waals surface area contributed by atoms with E-state index in [-0.39, 0.29) is 17.9 Å². The lowest BCUT2D eigenvalue weighted by atomic mass is 9.94. The van der Waals surface area contributed by atoms with Crippen LogP contribution in [0, 0.1) is 12.8 Å². The largest absolute Gasteiger partial charge is 0.449 e. The van der Waals surface area contributed by atoms with Crippen molar-refractivity contribution in [3.05, 3.63) is 35.5 Å². The van der Waals surface area contributed by atoms with Crippen LogP contribution in [0.5, 0.6) is 0 Å². The van der Waals surface area contributed by atoms with Gasteiger partial charge in [0.25, 0.3) is 0 Å². The maximum Gasteiger partial charge on any atom is 0.418 e. The molecule has 140 valence electrons. The molecule has 5 heteroatoms. The lowest BCUT2D eigenvalue weighted by molar-refractivity contribution is -0.138. The summed E-state index contributed by atoms with van der Waals surface area (Å²) < 4.78 is 6.88. The minimum Gasteiger partial charge on any atom is -0.449 e. The van der Waals surface area contributed by atoms with Gasteiger partial charge in [-0.25, -0.2) is 9.36 Å². The van der Waals surface area contributed by atoms with Crippen LogP contribution in [0.4, 0.5) is 4.79 Å². The maximum absolute atomic E-state index is 12.6. The fourth-order valence-corrected chi connectivity index (χ4v) is 4.04. The molecule has 2 heterocycles. The molecule has 1 amide bonds. The second-order valence-corrected chi connectivity index (χ2v) is 6.94. The molecule has 1 aromatic heterocycles. The average Bonchev–Trinajstić information content (AvgIpc) is 2.92. The van der Waals surface area contributed by atoms with E-state index in [2.05, 4.69) is 6.92 Å². The summed E-state index contributed by atoms with van der Waals surface area (Å²) in [5, 5.41) is 1.06. The monoisotopic (exact) mass is 356 g/mol. The summed E-state index contributed by atoms with van der Waals surface area (Å²) in [4.78, 5) is 27.0. The highest BCUT2D eigenvalue weighted by atomic mass is 16.5. The fourth-order valence-electron chi connectivity index (χ4n) is 4.04. The number of hydrogen-bond donors (Lipinski definition) is 0. The van der Waals surface area contributed by atoms with Gasteiger partial charge < -0.3 is 9.64 Å². The Morgan fingerprint density at radius 3 is 2.77 bits per heavy atom. The van der Waals surface area contributed by atoms with Crippen LogP contribution in [0.15, 0.2) is 24.3 Å². The molecule has 0 radical (unpaired) electrons. The summed E-state index contributed by atoms with van der Waals surface area (Å²) >= 11 is 0. The van der Waals surface area contributed by atoms with Crippen molar-refractivity contribution in [3.63, 3.8) is 0 Å². The van der Waals surface area contributed by atoms with Crippen molar-refractivity contribution in [1.29, 1.82) is 0 Å². The van der Waals surface area contributed by atoms with Crippen LogP contribution in [0.1, 0.15) is 44.4 Å². The topological polar surface area (TPSA) is 51.5 Å². The number of benzene rings is 1. The molecule has 0 N–H and O–H groups in total.